The molecule has 0 unspecified atom stereocenters. The molecule has 0 saturated heterocycles. The molecular formula is C15H18FN5O. The summed E-state index contributed by atoms with van der Waals surface area (Å²) in [5.74, 6) is -0.211. The van der Waals surface area contributed by atoms with Gasteiger partial charge in [-0.1, -0.05) is 0 Å². The van der Waals surface area contributed by atoms with Gasteiger partial charge in [-0.15, -0.1) is 0 Å². The van der Waals surface area contributed by atoms with Crippen LogP contribution in [0, 0.1) is 5.82 Å². The third-order valence-corrected chi connectivity index (χ3v) is 3.01. The topological polar surface area (TPSA) is 84.1 Å². The second kappa shape index (κ2) is 6.95. The molecule has 0 aliphatic carbocycles. The van der Waals surface area contributed by atoms with Crippen LogP contribution in [0.15, 0.2) is 30.5 Å². The summed E-state index contributed by atoms with van der Waals surface area (Å²) in [5, 5.41) is 2.75. The zero-order chi connectivity index (χ0) is 16.1. The first-order valence-electron chi connectivity index (χ1n) is 6.79. The number of nitrogens with two attached hydrogens (primary N) is 1. The Hall–Kier alpha value is -2.54. The third kappa shape index (κ3) is 3.98. The molecule has 0 fully saturated rings. The first kappa shape index (κ1) is 15.8. The Morgan fingerprint density at radius 3 is 2.59 bits per heavy atom. The Labute approximate surface area is 128 Å². The lowest BCUT2D eigenvalue weighted by Crippen LogP contribution is -2.32. The van der Waals surface area contributed by atoms with Gasteiger partial charge in [0, 0.05) is 24.8 Å². The van der Waals surface area contributed by atoms with E-state index in [1.54, 1.807) is 12.1 Å². The molecule has 3 N–H and O–H groups in total. The van der Waals surface area contributed by atoms with Gasteiger partial charge in [-0.3, -0.25) is 4.79 Å². The second-order valence-corrected chi connectivity index (χ2v) is 5.06. The molecule has 0 radical (unpaired) electrons. The highest BCUT2D eigenvalue weighted by atomic mass is 19.1. The number of nitrogen functional groups attached to an aromatic ring is 1. The van der Waals surface area contributed by atoms with Gasteiger partial charge < -0.3 is 16.0 Å². The number of rotatable bonds is 5. The Bertz CT molecular complexity index is 657. The molecule has 1 amide bonds. The molecule has 2 rings (SSSR count). The minimum Gasteiger partial charge on any atom is -0.383 e. The average Bonchev–Trinajstić information content (AvgIpc) is 2.47. The standard InChI is InChI=1S/C15H18FN5O/c1-21(2)8-7-18-15(22)12-9-19-14(20-13(12)17)10-3-5-11(16)6-4-10/h3-6,9H,7-8H2,1-2H3,(H,18,22)(H2,17,19,20). The van der Waals surface area contributed by atoms with Crippen molar-refractivity contribution in [1.82, 2.24) is 20.2 Å². The van der Waals surface area contributed by atoms with Crippen molar-refractivity contribution in [3.63, 3.8) is 0 Å². The second-order valence-electron chi connectivity index (χ2n) is 5.06. The van der Waals surface area contributed by atoms with Crippen molar-refractivity contribution in [2.45, 2.75) is 0 Å². The summed E-state index contributed by atoms with van der Waals surface area (Å²) in [5.41, 5.74) is 6.68. The van der Waals surface area contributed by atoms with Crippen LogP contribution < -0.4 is 11.1 Å². The van der Waals surface area contributed by atoms with Crippen LogP contribution >= 0.6 is 0 Å². The summed E-state index contributed by atoms with van der Waals surface area (Å²) in [6.07, 6.45) is 1.38. The maximum absolute atomic E-state index is 12.9. The molecule has 6 nitrogen and oxygen atoms in total. The van der Waals surface area contributed by atoms with Gasteiger partial charge in [0.25, 0.3) is 5.91 Å². The maximum atomic E-state index is 12.9. The minimum atomic E-state index is -0.339. The summed E-state index contributed by atoms with van der Waals surface area (Å²) in [6, 6.07) is 5.75. The van der Waals surface area contributed by atoms with Crippen molar-refractivity contribution in [3.05, 3.63) is 41.8 Å². The van der Waals surface area contributed by atoms with Crippen molar-refractivity contribution >= 4 is 11.7 Å². The van der Waals surface area contributed by atoms with Crippen LogP contribution in [-0.4, -0.2) is 48.0 Å². The van der Waals surface area contributed by atoms with Crippen LogP contribution in [0.1, 0.15) is 10.4 Å². The van der Waals surface area contributed by atoms with Gasteiger partial charge in [0.05, 0.1) is 5.56 Å². The van der Waals surface area contributed by atoms with Gasteiger partial charge in [0.1, 0.15) is 11.6 Å². The number of likely N-dealkylation sites (N-methyl/N-ethyl adjacent to an activating group) is 1. The van der Waals surface area contributed by atoms with Gasteiger partial charge in [-0.25, -0.2) is 14.4 Å². The SMILES string of the molecule is CN(C)CCNC(=O)c1cnc(-c2ccc(F)cc2)nc1N. The number of halogens is 1. The number of carbonyl (C=O) groups excluding carboxylic acids is 1. The summed E-state index contributed by atoms with van der Waals surface area (Å²) in [6.45, 7) is 1.23. The van der Waals surface area contributed by atoms with E-state index >= 15 is 0 Å². The van der Waals surface area contributed by atoms with Crippen LogP contribution in [0.3, 0.4) is 0 Å². The molecular weight excluding hydrogens is 285 g/mol. The van der Waals surface area contributed by atoms with Crippen LogP contribution in [0.25, 0.3) is 11.4 Å². The first-order valence-corrected chi connectivity index (χ1v) is 6.79. The number of nitrogens with zero attached hydrogens (tertiary/aromatic N) is 3. The Kier molecular flexibility index (Phi) is 5.00. The molecule has 0 spiro atoms. The van der Waals surface area contributed by atoms with Crippen molar-refractivity contribution in [2.75, 3.05) is 32.9 Å². The van der Waals surface area contributed by atoms with Crippen molar-refractivity contribution in [2.24, 2.45) is 0 Å². The average molecular weight is 303 g/mol. The molecule has 0 saturated carbocycles. The van der Waals surface area contributed by atoms with E-state index in [1.807, 2.05) is 19.0 Å². The monoisotopic (exact) mass is 303 g/mol. The number of anilines is 1. The predicted octanol–water partition coefficient (Wildman–Crippen LogP) is 1.16. The number of hydrogen-bond acceptors (Lipinski definition) is 5. The highest BCUT2D eigenvalue weighted by Gasteiger charge is 2.13. The van der Waals surface area contributed by atoms with E-state index in [2.05, 4.69) is 15.3 Å². The lowest BCUT2D eigenvalue weighted by atomic mass is 10.2. The number of carbonyl (C=O) groups is 1. The van der Waals surface area contributed by atoms with Gasteiger partial charge in [0.2, 0.25) is 0 Å². The summed E-state index contributed by atoms with van der Waals surface area (Å²) in [4.78, 5) is 22.2. The molecule has 2 aromatic rings. The molecule has 1 aromatic carbocycles. The van der Waals surface area contributed by atoms with E-state index in [-0.39, 0.29) is 23.1 Å². The van der Waals surface area contributed by atoms with E-state index in [0.29, 0.717) is 17.9 Å². The fraction of sp³-hybridized carbons (Fsp3) is 0.267. The largest absolute Gasteiger partial charge is 0.383 e. The van der Waals surface area contributed by atoms with Crippen LogP contribution in [0.4, 0.5) is 10.2 Å². The summed E-state index contributed by atoms with van der Waals surface area (Å²) in [7, 11) is 3.84. The molecule has 22 heavy (non-hydrogen) atoms. The van der Waals surface area contributed by atoms with Crippen LogP contribution in [0.5, 0.6) is 0 Å². The van der Waals surface area contributed by atoms with Gasteiger partial charge in [0.15, 0.2) is 5.82 Å². The van der Waals surface area contributed by atoms with Crippen molar-refractivity contribution in [3.8, 4) is 11.4 Å². The molecule has 7 heteroatoms. The van der Waals surface area contributed by atoms with E-state index in [9.17, 15) is 9.18 Å². The van der Waals surface area contributed by atoms with E-state index in [4.69, 9.17) is 5.73 Å². The van der Waals surface area contributed by atoms with Crippen molar-refractivity contribution < 1.29 is 9.18 Å². The third-order valence-electron chi connectivity index (χ3n) is 3.01. The molecule has 0 bridgehead atoms. The summed E-state index contributed by atoms with van der Waals surface area (Å²) < 4.78 is 12.9. The van der Waals surface area contributed by atoms with Gasteiger partial charge in [-0.05, 0) is 38.4 Å². The fourth-order valence-corrected chi connectivity index (χ4v) is 1.80. The Morgan fingerprint density at radius 2 is 2.00 bits per heavy atom. The van der Waals surface area contributed by atoms with Crippen LogP contribution in [0.2, 0.25) is 0 Å². The van der Waals surface area contributed by atoms with Crippen molar-refractivity contribution in [1.29, 1.82) is 0 Å². The number of benzene rings is 1. The fourth-order valence-electron chi connectivity index (χ4n) is 1.80. The van der Waals surface area contributed by atoms with E-state index in [1.165, 1.54) is 18.3 Å². The van der Waals surface area contributed by atoms with Crippen LogP contribution in [-0.2, 0) is 0 Å². The quantitative estimate of drug-likeness (QED) is 0.866. The number of amides is 1. The zero-order valence-electron chi connectivity index (χ0n) is 12.5. The molecule has 0 atom stereocenters. The Morgan fingerprint density at radius 1 is 1.32 bits per heavy atom. The zero-order valence-corrected chi connectivity index (χ0v) is 12.5. The lowest BCUT2D eigenvalue weighted by Gasteiger charge is -2.11. The predicted molar refractivity (Wildman–Crippen MR) is 82.7 cm³/mol. The molecule has 1 aromatic heterocycles. The maximum Gasteiger partial charge on any atom is 0.256 e. The lowest BCUT2D eigenvalue weighted by molar-refractivity contribution is 0.0951. The smallest absolute Gasteiger partial charge is 0.256 e. The normalized spacial score (nSPS) is 10.7. The summed E-state index contributed by atoms with van der Waals surface area (Å²) >= 11 is 0. The van der Waals surface area contributed by atoms with Gasteiger partial charge in [-0.2, -0.15) is 0 Å². The molecule has 116 valence electrons. The van der Waals surface area contributed by atoms with Gasteiger partial charge >= 0.3 is 0 Å². The molecule has 1 heterocycles. The number of hydrogen-bond donors (Lipinski definition) is 2. The van der Waals surface area contributed by atoms with E-state index in [0.717, 1.165) is 6.54 Å². The first-order chi connectivity index (χ1) is 10.5. The molecule has 0 aliphatic rings. The Balaban J connectivity index is 2.12. The number of aromatic nitrogens is 2. The highest BCUT2D eigenvalue weighted by molar-refractivity contribution is 5.98. The number of nitrogens with one attached hydrogen (secondary N) is 1. The van der Waals surface area contributed by atoms with E-state index < -0.39 is 0 Å². The minimum absolute atomic E-state index is 0.0941. The molecule has 0 aliphatic heterocycles. The highest BCUT2D eigenvalue weighted by Crippen LogP contribution is 2.18.